The molecule has 0 spiro atoms. The van der Waals surface area contributed by atoms with Crippen molar-refractivity contribution in [2.45, 2.75) is 12.8 Å². The second-order valence-corrected chi connectivity index (χ2v) is 4.57. The third-order valence-corrected chi connectivity index (χ3v) is 2.97. The number of aryl methyl sites for hydroxylation is 1. The molecule has 0 heterocycles. The molecule has 0 saturated heterocycles. The predicted molar refractivity (Wildman–Crippen MR) is 80.9 cm³/mol. The van der Waals surface area contributed by atoms with E-state index in [0.717, 1.165) is 5.56 Å². The van der Waals surface area contributed by atoms with Gasteiger partial charge in [-0.25, -0.2) is 0 Å². The van der Waals surface area contributed by atoms with Crippen LogP contribution in [0.2, 0.25) is 0 Å². The van der Waals surface area contributed by atoms with E-state index in [0.29, 0.717) is 12.1 Å². The lowest BCUT2D eigenvalue weighted by molar-refractivity contribution is -0.383. The average Bonchev–Trinajstić information content (AvgIpc) is 2.45. The van der Waals surface area contributed by atoms with Crippen molar-refractivity contribution in [3.05, 3.63) is 64.2 Å². The number of nitrogen functional groups attached to an aromatic ring is 1. The minimum Gasteiger partial charge on any atom is -0.399 e. The molecule has 6 heteroatoms. The molecule has 0 aliphatic heterocycles. The molecule has 21 heavy (non-hydrogen) atoms. The molecular weight excluding hydrogens is 270 g/mol. The highest BCUT2D eigenvalue weighted by Gasteiger charge is 2.14. The topological polar surface area (TPSA) is 98.3 Å². The fraction of sp³-hybridized carbons (Fsp3) is 0.133. The van der Waals surface area contributed by atoms with Crippen molar-refractivity contribution in [1.29, 1.82) is 0 Å². The minimum atomic E-state index is -0.520. The Kier molecular flexibility index (Phi) is 4.50. The number of nitrogens with two attached hydrogens (primary N) is 1. The maximum Gasteiger partial charge on any atom is 0.292 e. The van der Waals surface area contributed by atoms with Gasteiger partial charge in [-0.3, -0.25) is 14.9 Å². The van der Waals surface area contributed by atoms with Gasteiger partial charge in [-0.05, 0) is 30.2 Å². The maximum atomic E-state index is 11.9. The lowest BCUT2D eigenvalue weighted by atomic mass is 10.1. The van der Waals surface area contributed by atoms with Crippen molar-refractivity contribution in [1.82, 2.24) is 0 Å². The van der Waals surface area contributed by atoms with Crippen LogP contribution in [-0.2, 0) is 11.2 Å². The number of anilines is 2. The molecule has 0 aliphatic rings. The predicted octanol–water partition coefficient (Wildman–Crippen LogP) is 2.75. The highest BCUT2D eigenvalue weighted by molar-refractivity contribution is 5.93. The number of rotatable bonds is 5. The van der Waals surface area contributed by atoms with Gasteiger partial charge in [0.25, 0.3) is 5.69 Å². The van der Waals surface area contributed by atoms with E-state index in [4.69, 9.17) is 5.73 Å². The van der Waals surface area contributed by atoms with Crippen molar-refractivity contribution >= 4 is 23.0 Å². The van der Waals surface area contributed by atoms with Gasteiger partial charge in [0, 0.05) is 18.2 Å². The number of benzene rings is 2. The summed E-state index contributed by atoms with van der Waals surface area (Å²) in [6.07, 6.45) is 0.757. The van der Waals surface area contributed by atoms with Gasteiger partial charge in [-0.2, -0.15) is 0 Å². The van der Waals surface area contributed by atoms with E-state index < -0.39 is 4.92 Å². The van der Waals surface area contributed by atoms with E-state index in [-0.39, 0.29) is 23.7 Å². The molecule has 3 N–H and O–H groups in total. The van der Waals surface area contributed by atoms with Crippen LogP contribution >= 0.6 is 0 Å². The third-order valence-electron chi connectivity index (χ3n) is 2.97. The number of carbonyl (C=O) groups excluding carboxylic acids is 1. The second-order valence-electron chi connectivity index (χ2n) is 4.57. The van der Waals surface area contributed by atoms with Crippen LogP contribution in [0.25, 0.3) is 0 Å². The van der Waals surface area contributed by atoms with Gasteiger partial charge in [0.05, 0.1) is 4.92 Å². The van der Waals surface area contributed by atoms with Crippen molar-refractivity contribution in [2.24, 2.45) is 0 Å². The molecule has 6 nitrogen and oxygen atoms in total. The summed E-state index contributed by atoms with van der Waals surface area (Å²) in [5.41, 5.74) is 7.36. The Bertz CT molecular complexity index is 671. The van der Waals surface area contributed by atoms with E-state index in [1.807, 2.05) is 12.1 Å². The highest BCUT2D eigenvalue weighted by atomic mass is 16.6. The Morgan fingerprint density at radius 3 is 2.67 bits per heavy atom. The number of hydrogen-bond acceptors (Lipinski definition) is 4. The molecule has 0 atom stereocenters. The van der Waals surface area contributed by atoms with Gasteiger partial charge in [0.15, 0.2) is 0 Å². The van der Waals surface area contributed by atoms with Gasteiger partial charge in [-0.1, -0.05) is 24.3 Å². The fourth-order valence-electron chi connectivity index (χ4n) is 1.96. The van der Waals surface area contributed by atoms with Gasteiger partial charge in [0.2, 0.25) is 5.91 Å². The number of nitrogens with zero attached hydrogens (tertiary/aromatic N) is 1. The lowest BCUT2D eigenvalue weighted by Gasteiger charge is -2.06. The Labute approximate surface area is 121 Å². The van der Waals surface area contributed by atoms with E-state index in [1.165, 1.54) is 12.1 Å². The van der Waals surface area contributed by atoms with Crippen LogP contribution in [0.1, 0.15) is 12.0 Å². The van der Waals surface area contributed by atoms with Crippen molar-refractivity contribution in [2.75, 3.05) is 11.1 Å². The number of nitro groups is 1. The van der Waals surface area contributed by atoms with Crippen molar-refractivity contribution in [3.8, 4) is 0 Å². The molecule has 2 aromatic carbocycles. The number of nitro benzene ring substituents is 1. The molecule has 0 saturated carbocycles. The monoisotopic (exact) mass is 285 g/mol. The lowest BCUT2D eigenvalue weighted by Crippen LogP contribution is -2.13. The number of carbonyl (C=O) groups is 1. The van der Waals surface area contributed by atoms with Crippen molar-refractivity contribution in [3.63, 3.8) is 0 Å². The first-order chi connectivity index (χ1) is 10.1. The van der Waals surface area contributed by atoms with Crippen LogP contribution in [0.15, 0.2) is 48.5 Å². The summed E-state index contributed by atoms with van der Waals surface area (Å²) in [6.45, 7) is 0. The van der Waals surface area contributed by atoms with Gasteiger partial charge in [0.1, 0.15) is 5.69 Å². The Morgan fingerprint density at radius 1 is 1.19 bits per heavy atom. The Morgan fingerprint density at radius 2 is 1.95 bits per heavy atom. The van der Waals surface area contributed by atoms with Crippen LogP contribution in [0, 0.1) is 10.1 Å². The Balaban J connectivity index is 1.98. The molecule has 0 aliphatic carbocycles. The summed E-state index contributed by atoms with van der Waals surface area (Å²) in [5.74, 6) is -0.272. The first kappa shape index (κ1) is 14.5. The normalized spacial score (nSPS) is 10.1. The Hall–Kier alpha value is -2.89. The van der Waals surface area contributed by atoms with Crippen LogP contribution in [0.3, 0.4) is 0 Å². The van der Waals surface area contributed by atoms with Gasteiger partial charge >= 0.3 is 0 Å². The summed E-state index contributed by atoms with van der Waals surface area (Å²) < 4.78 is 0. The van der Waals surface area contributed by atoms with E-state index in [1.54, 1.807) is 24.3 Å². The number of nitrogens with one attached hydrogen (secondary N) is 1. The number of hydrogen-bond donors (Lipinski definition) is 2. The van der Waals surface area contributed by atoms with E-state index in [9.17, 15) is 14.9 Å². The number of amides is 1. The fourth-order valence-corrected chi connectivity index (χ4v) is 1.96. The molecule has 0 fully saturated rings. The zero-order valence-electron chi connectivity index (χ0n) is 11.3. The zero-order chi connectivity index (χ0) is 15.2. The average molecular weight is 285 g/mol. The van der Waals surface area contributed by atoms with Gasteiger partial charge < -0.3 is 11.1 Å². The van der Waals surface area contributed by atoms with Crippen LogP contribution in [0.4, 0.5) is 17.1 Å². The standard InChI is InChI=1S/C15H15N3O3/c16-12-5-3-4-11(10-12)8-9-15(19)17-13-6-1-2-7-14(13)18(20)21/h1-7,10H,8-9,16H2,(H,17,19). The summed E-state index contributed by atoms with van der Waals surface area (Å²) in [7, 11) is 0. The van der Waals surface area contributed by atoms with Crippen LogP contribution in [-0.4, -0.2) is 10.8 Å². The molecule has 2 aromatic rings. The van der Waals surface area contributed by atoms with E-state index in [2.05, 4.69) is 5.32 Å². The molecule has 1 amide bonds. The van der Waals surface area contributed by atoms with Crippen LogP contribution in [0.5, 0.6) is 0 Å². The van der Waals surface area contributed by atoms with Crippen LogP contribution < -0.4 is 11.1 Å². The minimum absolute atomic E-state index is 0.116. The highest BCUT2D eigenvalue weighted by Crippen LogP contribution is 2.23. The third kappa shape index (κ3) is 4.04. The summed E-state index contributed by atoms with van der Waals surface area (Å²) >= 11 is 0. The zero-order valence-corrected chi connectivity index (χ0v) is 11.3. The maximum absolute atomic E-state index is 11.9. The SMILES string of the molecule is Nc1cccc(CCC(=O)Nc2ccccc2[N+](=O)[O-])c1. The van der Waals surface area contributed by atoms with Gasteiger partial charge in [-0.15, -0.1) is 0 Å². The molecule has 0 aromatic heterocycles. The second kappa shape index (κ2) is 6.51. The summed E-state index contributed by atoms with van der Waals surface area (Å²) in [6, 6.07) is 13.3. The van der Waals surface area contributed by atoms with E-state index >= 15 is 0 Å². The largest absolute Gasteiger partial charge is 0.399 e. The molecule has 0 unspecified atom stereocenters. The molecular formula is C15H15N3O3. The van der Waals surface area contributed by atoms with Crippen molar-refractivity contribution < 1.29 is 9.72 Å². The first-order valence-electron chi connectivity index (χ1n) is 6.44. The molecule has 108 valence electrons. The molecule has 0 bridgehead atoms. The molecule has 0 radical (unpaired) electrons. The summed E-state index contributed by atoms with van der Waals surface area (Å²) in [5, 5.41) is 13.4. The summed E-state index contributed by atoms with van der Waals surface area (Å²) in [4.78, 5) is 22.2. The quantitative estimate of drug-likeness (QED) is 0.501. The smallest absolute Gasteiger partial charge is 0.292 e. The first-order valence-corrected chi connectivity index (χ1v) is 6.44. The molecule has 2 rings (SSSR count). The number of para-hydroxylation sites is 2.